The molecule has 0 aliphatic rings. The molecule has 0 saturated carbocycles. The van der Waals surface area contributed by atoms with Crippen LogP contribution in [0.15, 0.2) is 82.4 Å². The number of halogens is 1. The third kappa shape index (κ3) is 5.34. The molecule has 0 aliphatic carbocycles. The van der Waals surface area contributed by atoms with Crippen LogP contribution in [-0.4, -0.2) is 24.1 Å². The van der Waals surface area contributed by atoms with Crippen LogP contribution in [-0.2, 0) is 0 Å². The number of nitrogens with zero attached hydrogens (tertiary/aromatic N) is 1. The van der Waals surface area contributed by atoms with Crippen LogP contribution in [0.2, 0.25) is 0 Å². The molecule has 27 heavy (non-hydrogen) atoms. The Morgan fingerprint density at radius 1 is 0.852 bits per heavy atom. The van der Waals surface area contributed by atoms with Crippen molar-refractivity contribution in [1.82, 2.24) is 0 Å². The van der Waals surface area contributed by atoms with Gasteiger partial charge in [-0.05, 0) is 49.4 Å². The van der Waals surface area contributed by atoms with Gasteiger partial charge in [-0.15, -0.1) is 0 Å². The van der Waals surface area contributed by atoms with E-state index in [9.17, 15) is 5.21 Å². The van der Waals surface area contributed by atoms with E-state index in [4.69, 9.17) is 9.47 Å². The summed E-state index contributed by atoms with van der Waals surface area (Å²) in [7, 11) is 0. The van der Waals surface area contributed by atoms with E-state index >= 15 is 0 Å². The minimum Gasteiger partial charge on any atom is -0.490 e. The molecule has 0 saturated heterocycles. The fourth-order valence-corrected chi connectivity index (χ4v) is 2.96. The minimum atomic E-state index is 0.435. The van der Waals surface area contributed by atoms with Crippen molar-refractivity contribution in [2.75, 3.05) is 13.2 Å². The molecule has 0 bridgehead atoms. The second kappa shape index (κ2) is 9.24. The Morgan fingerprint density at radius 3 is 2.04 bits per heavy atom. The first-order valence-corrected chi connectivity index (χ1v) is 9.36. The molecular formula is C22H20BrNO3. The molecule has 0 aliphatic heterocycles. The molecule has 1 N–H and O–H groups in total. The molecule has 0 atom stereocenters. The molecule has 138 valence electrons. The van der Waals surface area contributed by atoms with E-state index in [1.54, 1.807) is 0 Å². The Morgan fingerprint density at radius 2 is 1.44 bits per heavy atom. The number of benzene rings is 3. The second-order valence-corrected chi connectivity index (χ2v) is 6.91. The average molecular weight is 426 g/mol. The smallest absolute Gasteiger partial charge is 0.122 e. The van der Waals surface area contributed by atoms with Crippen LogP contribution in [0.5, 0.6) is 11.5 Å². The molecule has 0 unspecified atom stereocenters. The van der Waals surface area contributed by atoms with Crippen molar-refractivity contribution >= 4 is 21.6 Å². The van der Waals surface area contributed by atoms with E-state index in [0.29, 0.717) is 18.9 Å². The van der Waals surface area contributed by atoms with E-state index in [1.807, 2.05) is 79.7 Å². The van der Waals surface area contributed by atoms with Gasteiger partial charge in [-0.2, -0.15) is 0 Å². The summed E-state index contributed by atoms with van der Waals surface area (Å²) in [4.78, 5) is 0. The minimum absolute atomic E-state index is 0.435. The van der Waals surface area contributed by atoms with E-state index in [1.165, 1.54) is 0 Å². The average Bonchev–Trinajstić information content (AvgIpc) is 2.68. The molecule has 3 rings (SSSR count). The normalized spacial score (nSPS) is 11.3. The molecule has 0 aromatic heterocycles. The van der Waals surface area contributed by atoms with Gasteiger partial charge in [-0.1, -0.05) is 57.0 Å². The number of hydrogen-bond acceptors (Lipinski definition) is 4. The van der Waals surface area contributed by atoms with Crippen molar-refractivity contribution in [3.8, 4) is 11.5 Å². The summed E-state index contributed by atoms with van der Waals surface area (Å²) >= 11 is 3.41. The highest BCUT2D eigenvalue weighted by Crippen LogP contribution is 2.19. The Kier molecular flexibility index (Phi) is 6.49. The Hall–Kier alpha value is -2.79. The van der Waals surface area contributed by atoms with Gasteiger partial charge in [-0.3, -0.25) is 0 Å². The van der Waals surface area contributed by atoms with E-state index in [0.717, 1.165) is 32.7 Å². The standard InChI is InChI=1S/C22H20BrNO3/c1-16-5-7-17(8-6-16)22(24-25)18-9-11-20(12-10-18)26-13-14-27-21-4-2-3-19(23)15-21/h2-12,15,25H,13-14H2,1H3/b24-22+. The summed E-state index contributed by atoms with van der Waals surface area (Å²) in [6.45, 7) is 2.90. The van der Waals surface area contributed by atoms with Crippen LogP contribution in [0.25, 0.3) is 0 Å². The lowest BCUT2D eigenvalue weighted by Gasteiger charge is -2.10. The Labute approximate surface area is 167 Å². The summed E-state index contributed by atoms with van der Waals surface area (Å²) < 4.78 is 12.3. The summed E-state index contributed by atoms with van der Waals surface area (Å²) in [5.74, 6) is 1.53. The fraction of sp³-hybridized carbons (Fsp3) is 0.136. The van der Waals surface area contributed by atoms with Crippen molar-refractivity contribution in [3.05, 3.63) is 94.0 Å². The van der Waals surface area contributed by atoms with Crippen LogP contribution in [0.1, 0.15) is 16.7 Å². The number of rotatable bonds is 7. The van der Waals surface area contributed by atoms with Crippen LogP contribution in [0, 0.1) is 6.92 Å². The highest BCUT2D eigenvalue weighted by Gasteiger charge is 2.08. The highest BCUT2D eigenvalue weighted by atomic mass is 79.9. The lowest BCUT2D eigenvalue weighted by atomic mass is 10.0. The zero-order valence-electron chi connectivity index (χ0n) is 14.9. The predicted octanol–water partition coefficient (Wildman–Crippen LogP) is 5.44. The van der Waals surface area contributed by atoms with Gasteiger partial charge in [0.05, 0.1) is 0 Å². The van der Waals surface area contributed by atoms with Gasteiger partial charge in [0.15, 0.2) is 0 Å². The third-order valence-electron chi connectivity index (χ3n) is 3.97. The zero-order valence-corrected chi connectivity index (χ0v) is 16.5. The van der Waals surface area contributed by atoms with E-state index in [2.05, 4.69) is 21.1 Å². The first kappa shape index (κ1) is 19.0. The molecule has 3 aromatic carbocycles. The number of hydrogen-bond donors (Lipinski definition) is 1. The summed E-state index contributed by atoms with van der Waals surface area (Å²) in [5, 5.41) is 12.9. The van der Waals surface area contributed by atoms with Gasteiger partial charge in [-0.25, -0.2) is 0 Å². The van der Waals surface area contributed by atoms with E-state index < -0.39 is 0 Å². The molecule has 0 fully saturated rings. The molecule has 3 aromatic rings. The maximum absolute atomic E-state index is 9.41. The van der Waals surface area contributed by atoms with Crippen molar-refractivity contribution in [2.45, 2.75) is 6.92 Å². The summed E-state index contributed by atoms with van der Waals surface area (Å²) in [6.07, 6.45) is 0. The van der Waals surface area contributed by atoms with Crippen LogP contribution >= 0.6 is 15.9 Å². The van der Waals surface area contributed by atoms with Crippen LogP contribution < -0.4 is 9.47 Å². The van der Waals surface area contributed by atoms with Gasteiger partial charge in [0.2, 0.25) is 0 Å². The largest absolute Gasteiger partial charge is 0.490 e. The molecular weight excluding hydrogens is 406 g/mol. The van der Waals surface area contributed by atoms with Gasteiger partial charge in [0, 0.05) is 15.6 Å². The Bertz CT molecular complexity index is 906. The molecule has 0 spiro atoms. The topological polar surface area (TPSA) is 51.1 Å². The fourth-order valence-electron chi connectivity index (χ4n) is 2.58. The Balaban J connectivity index is 1.56. The van der Waals surface area contributed by atoms with Gasteiger partial charge in [0.25, 0.3) is 0 Å². The van der Waals surface area contributed by atoms with Gasteiger partial charge < -0.3 is 14.7 Å². The first-order chi connectivity index (χ1) is 13.2. The van der Waals surface area contributed by atoms with Crippen LogP contribution in [0.3, 0.4) is 0 Å². The van der Waals surface area contributed by atoms with Crippen LogP contribution in [0.4, 0.5) is 0 Å². The van der Waals surface area contributed by atoms with Crippen molar-refractivity contribution in [2.24, 2.45) is 5.16 Å². The second-order valence-electron chi connectivity index (χ2n) is 5.99. The van der Waals surface area contributed by atoms with Gasteiger partial charge >= 0.3 is 0 Å². The third-order valence-corrected chi connectivity index (χ3v) is 4.46. The molecule has 5 heteroatoms. The molecule has 0 amide bonds. The van der Waals surface area contributed by atoms with E-state index in [-0.39, 0.29) is 0 Å². The van der Waals surface area contributed by atoms with Crippen molar-refractivity contribution in [1.29, 1.82) is 0 Å². The zero-order chi connectivity index (χ0) is 19.1. The maximum Gasteiger partial charge on any atom is 0.122 e. The predicted molar refractivity (Wildman–Crippen MR) is 110 cm³/mol. The summed E-state index contributed by atoms with van der Waals surface area (Å²) in [6, 6.07) is 23.0. The van der Waals surface area contributed by atoms with Crippen molar-refractivity contribution < 1.29 is 14.7 Å². The lowest BCUT2D eigenvalue weighted by Crippen LogP contribution is -2.09. The highest BCUT2D eigenvalue weighted by molar-refractivity contribution is 9.10. The van der Waals surface area contributed by atoms with Gasteiger partial charge in [0.1, 0.15) is 30.4 Å². The summed E-state index contributed by atoms with van der Waals surface area (Å²) in [5.41, 5.74) is 3.36. The first-order valence-electron chi connectivity index (χ1n) is 8.56. The monoisotopic (exact) mass is 425 g/mol. The quantitative estimate of drug-likeness (QED) is 0.237. The lowest BCUT2D eigenvalue weighted by molar-refractivity contribution is 0.217. The molecule has 0 heterocycles. The number of ether oxygens (including phenoxy) is 2. The number of aryl methyl sites for hydroxylation is 1. The van der Waals surface area contributed by atoms with Crippen molar-refractivity contribution in [3.63, 3.8) is 0 Å². The number of oxime groups is 1. The molecule has 4 nitrogen and oxygen atoms in total. The SMILES string of the molecule is Cc1ccc(/C(=N\O)c2ccc(OCCOc3cccc(Br)c3)cc2)cc1. The maximum atomic E-state index is 9.41. The molecule has 0 radical (unpaired) electrons.